The van der Waals surface area contributed by atoms with E-state index in [4.69, 9.17) is 23.4 Å². The van der Waals surface area contributed by atoms with Crippen molar-refractivity contribution >= 4 is 27.7 Å². The van der Waals surface area contributed by atoms with Gasteiger partial charge in [-0.2, -0.15) is 0 Å². The molecule has 5 rings (SSSR count). The molecule has 1 aliphatic rings. The Morgan fingerprint density at radius 3 is 1.66 bits per heavy atom. The second-order valence-corrected chi connectivity index (χ2v) is 17.7. The molecule has 44 heavy (non-hydrogen) atoms. The van der Waals surface area contributed by atoms with Crippen LogP contribution in [-0.2, 0) is 43.2 Å². The van der Waals surface area contributed by atoms with Crippen molar-refractivity contribution in [1.82, 2.24) is 0 Å². The third kappa shape index (κ3) is 9.58. The summed E-state index contributed by atoms with van der Waals surface area (Å²) in [5.41, 5.74) is 5.28. The Hall–Kier alpha value is -2.84. The van der Waals surface area contributed by atoms with Crippen molar-refractivity contribution in [2.75, 3.05) is 6.61 Å². The summed E-state index contributed by atoms with van der Waals surface area (Å²) < 4.78 is 35.1. The first-order valence-corrected chi connectivity index (χ1v) is 20.0. The first-order chi connectivity index (χ1) is 21.5. The molecule has 0 unspecified atom stereocenters. The van der Waals surface area contributed by atoms with Crippen LogP contribution >= 0.6 is 0 Å². The molecule has 0 bridgehead atoms. The van der Waals surface area contributed by atoms with E-state index in [-0.39, 0.29) is 38.3 Å². The molecule has 1 fully saturated rings. The van der Waals surface area contributed by atoms with Crippen molar-refractivity contribution in [3.8, 4) is 0 Å². The number of hydrogen-bond donors (Lipinski definition) is 0. The zero-order chi connectivity index (χ0) is 30.6. The van der Waals surface area contributed by atoms with Crippen LogP contribution in [0.5, 0.6) is 0 Å². The summed E-state index contributed by atoms with van der Waals surface area (Å²) in [4.78, 5) is 0. The molecule has 0 spiro atoms. The van der Waals surface area contributed by atoms with Gasteiger partial charge in [0.2, 0.25) is 0 Å². The van der Waals surface area contributed by atoms with Gasteiger partial charge in [-0.3, -0.25) is 0 Å². The zero-order valence-electron chi connectivity index (χ0n) is 25.5. The molecule has 0 amide bonds. The van der Waals surface area contributed by atoms with Gasteiger partial charge in [0, 0.05) is 0 Å². The molecular formula is C37H42O5SeSi. The molecule has 4 aromatic carbocycles. The standard InChI is InChI=1S/C37H42O5SeSi/c1-4-44(2,3)42-36-35(40-27-31-21-13-7-14-22-31)34(39-26-30-19-11-6-12-20-30)33(28-38-25-29-17-9-5-10-18-29)41-37(36)43-32-23-15-8-16-24-32/h4-24,33-37H,1,25-28H2,2-3H3/t33-,34-,35+,36-,37+/m1/s1. The molecule has 230 valence electrons. The van der Waals surface area contributed by atoms with Crippen LogP contribution in [0.3, 0.4) is 0 Å². The summed E-state index contributed by atoms with van der Waals surface area (Å²) in [7, 11) is -2.25. The zero-order valence-corrected chi connectivity index (χ0v) is 28.2. The topological polar surface area (TPSA) is 46.2 Å². The Morgan fingerprint density at radius 2 is 1.14 bits per heavy atom. The van der Waals surface area contributed by atoms with Gasteiger partial charge in [0.25, 0.3) is 0 Å². The van der Waals surface area contributed by atoms with E-state index in [2.05, 4.69) is 80.3 Å². The molecule has 0 radical (unpaired) electrons. The first kappa shape index (κ1) is 32.5. The molecular weight excluding hydrogens is 631 g/mol. The number of hydrogen-bond acceptors (Lipinski definition) is 5. The number of benzene rings is 4. The minimum absolute atomic E-state index is 0.0476. The van der Waals surface area contributed by atoms with Crippen molar-refractivity contribution in [2.24, 2.45) is 0 Å². The first-order valence-electron chi connectivity index (χ1n) is 15.1. The molecule has 0 aromatic heterocycles. The van der Waals surface area contributed by atoms with Crippen molar-refractivity contribution in [2.45, 2.75) is 62.3 Å². The Morgan fingerprint density at radius 1 is 0.659 bits per heavy atom. The van der Waals surface area contributed by atoms with Crippen LogP contribution in [0.25, 0.3) is 0 Å². The summed E-state index contributed by atoms with van der Waals surface area (Å²) in [6.07, 6.45) is -1.51. The fourth-order valence-corrected chi connectivity index (χ4v) is 8.69. The van der Waals surface area contributed by atoms with Gasteiger partial charge in [-0.15, -0.1) is 0 Å². The van der Waals surface area contributed by atoms with Gasteiger partial charge in [0.05, 0.1) is 0 Å². The van der Waals surface area contributed by atoms with Gasteiger partial charge in [-0.05, 0) is 0 Å². The van der Waals surface area contributed by atoms with E-state index in [1.54, 1.807) is 0 Å². The molecule has 1 saturated heterocycles. The van der Waals surface area contributed by atoms with Gasteiger partial charge >= 0.3 is 270 Å². The maximum absolute atomic E-state index is 6.98. The van der Waals surface area contributed by atoms with Crippen LogP contribution in [-0.4, -0.2) is 59.3 Å². The summed E-state index contributed by atoms with van der Waals surface area (Å²) in [5.74, 6) is 0. The average Bonchev–Trinajstić information content (AvgIpc) is 3.06. The average molecular weight is 674 g/mol. The summed E-state index contributed by atoms with van der Waals surface area (Å²) in [5, 5.41) is -0.209. The molecule has 0 N–H and O–H groups in total. The fourth-order valence-electron chi connectivity index (χ4n) is 5.06. The Labute approximate surface area is 269 Å². The quantitative estimate of drug-likeness (QED) is 0.136. The minimum atomic E-state index is -2.25. The summed E-state index contributed by atoms with van der Waals surface area (Å²) in [6, 6.07) is 41.2. The van der Waals surface area contributed by atoms with E-state index >= 15 is 0 Å². The predicted molar refractivity (Wildman–Crippen MR) is 179 cm³/mol. The Bertz CT molecular complexity index is 1390. The molecule has 4 aromatic rings. The van der Waals surface area contributed by atoms with Crippen LogP contribution in [0.1, 0.15) is 16.7 Å². The molecule has 1 aliphatic heterocycles. The van der Waals surface area contributed by atoms with Gasteiger partial charge in [-0.25, -0.2) is 0 Å². The SMILES string of the molecule is C=C[Si](C)(C)O[C@@H]1[C@@H](OCc2ccccc2)[C@H](OCc2ccccc2)[C@@H](COCc2ccccc2)O[C@H]1[Se]c1ccccc1. The van der Waals surface area contributed by atoms with E-state index in [1.165, 1.54) is 4.46 Å². The normalized spacial score (nSPS) is 22.0. The van der Waals surface area contributed by atoms with E-state index < -0.39 is 14.4 Å². The van der Waals surface area contributed by atoms with Gasteiger partial charge in [-0.1, -0.05) is 0 Å². The second-order valence-electron chi connectivity index (χ2n) is 11.4. The molecule has 5 atom stereocenters. The van der Waals surface area contributed by atoms with Crippen LogP contribution in [0.15, 0.2) is 134 Å². The molecule has 0 aliphatic carbocycles. The van der Waals surface area contributed by atoms with Crippen LogP contribution in [0, 0.1) is 0 Å². The van der Waals surface area contributed by atoms with Gasteiger partial charge in [0.1, 0.15) is 0 Å². The third-order valence-corrected chi connectivity index (χ3v) is 11.8. The molecule has 7 heteroatoms. The van der Waals surface area contributed by atoms with E-state index in [9.17, 15) is 0 Å². The van der Waals surface area contributed by atoms with Crippen molar-refractivity contribution < 1.29 is 23.4 Å². The third-order valence-electron chi connectivity index (χ3n) is 7.48. The Kier molecular flexibility index (Phi) is 12.2. The van der Waals surface area contributed by atoms with Crippen LogP contribution < -0.4 is 4.46 Å². The monoisotopic (exact) mass is 674 g/mol. The maximum atomic E-state index is 6.98. The van der Waals surface area contributed by atoms with Crippen LogP contribution in [0.4, 0.5) is 0 Å². The fraction of sp³-hybridized carbons (Fsp3) is 0.297. The summed E-state index contributed by atoms with van der Waals surface area (Å²) >= 11 is -0.0476. The van der Waals surface area contributed by atoms with E-state index in [0.717, 1.165) is 16.7 Å². The van der Waals surface area contributed by atoms with Gasteiger partial charge < -0.3 is 0 Å². The van der Waals surface area contributed by atoms with Crippen molar-refractivity contribution in [3.63, 3.8) is 0 Å². The van der Waals surface area contributed by atoms with Crippen molar-refractivity contribution in [1.29, 1.82) is 0 Å². The summed E-state index contributed by atoms with van der Waals surface area (Å²) in [6.45, 7) is 10.2. The molecule has 0 saturated carbocycles. The second kappa shape index (κ2) is 16.5. The van der Waals surface area contributed by atoms with Gasteiger partial charge in [0.15, 0.2) is 0 Å². The molecule has 1 heterocycles. The van der Waals surface area contributed by atoms with E-state index in [0.29, 0.717) is 26.4 Å². The molecule has 5 nitrogen and oxygen atoms in total. The van der Waals surface area contributed by atoms with Crippen molar-refractivity contribution in [3.05, 3.63) is 150 Å². The van der Waals surface area contributed by atoms with Crippen LogP contribution in [0.2, 0.25) is 13.1 Å². The Balaban J connectivity index is 1.47. The van der Waals surface area contributed by atoms with E-state index in [1.807, 2.05) is 66.4 Å². The predicted octanol–water partition coefficient (Wildman–Crippen LogP) is 6.44. The number of ether oxygens (including phenoxy) is 4. The number of rotatable bonds is 15.